The monoisotopic (exact) mass is 287 g/mol. The zero-order chi connectivity index (χ0) is 14.4. The van der Waals surface area contributed by atoms with Gasteiger partial charge in [0.2, 0.25) is 0 Å². The molecule has 2 aliphatic rings. The Balaban J connectivity index is 1.58. The second-order valence-electron chi connectivity index (χ2n) is 5.79. The number of oxazole rings is 1. The van der Waals surface area contributed by atoms with Gasteiger partial charge in [0.1, 0.15) is 5.52 Å². The fraction of sp³-hybridized carbons (Fsp3) is 0.467. The van der Waals surface area contributed by atoms with Crippen LogP contribution in [0.3, 0.4) is 0 Å². The summed E-state index contributed by atoms with van der Waals surface area (Å²) in [5.74, 6) is -0.958. The van der Waals surface area contributed by atoms with Crippen LogP contribution in [-0.2, 0) is 0 Å². The molecule has 2 N–H and O–H groups in total. The van der Waals surface area contributed by atoms with Gasteiger partial charge in [-0.15, -0.1) is 0 Å². The third-order valence-electron chi connectivity index (χ3n) is 4.55. The van der Waals surface area contributed by atoms with Crippen LogP contribution in [-0.4, -0.2) is 46.1 Å². The van der Waals surface area contributed by atoms with Crippen LogP contribution in [0.5, 0.6) is 0 Å². The molecule has 21 heavy (non-hydrogen) atoms. The Hall–Kier alpha value is -2.08. The fourth-order valence-electron chi connectivity index (χ4n) is 3.53. The molecule has 1 aromatic heterocycles. The zero-order valence-electron chi connectivity index (χ0n) is 11.6. The summed E-state index contributed by atoms with van der Waals surface area (Å²) >= 11 is 0. The van der Waals surface area contributed by atoms with Crippen molar-refractivity contribution in [3.8, 4) is 0 Å². The van der Waals surface area contributed by atoms with Gasteiger partial charge in [0.25, 0.3) is 6.01 Å². The molecular formula is C15H17N3O3. The summed E-state index contributed by atoms with van der Waals surface area (Å²) in [6, 6.07) is 6.20. The highest BCUT2D eigenvalue weighted by molar-refractivity contribution is 5.92. The first-order valence-electron chi connectivity index (χ1n) is 7.35. The predicted octanol–water partition coefficient (Wildman–Crippen LogP) is 2.17. The molecule has 0 saturated carbocycles. The number of hydrogen-bond donors (Lipinski definition) is 2. The maximum absolute atomic E-state index is 11.0. The lowest BCUT2D eigenvalue weighted by Crippen LogP contribution is -2.33. The Morgan fingerprint density at radius 1 is 1.38 bits per heavy atom. The summed E-state index contributed by atoms with van der Waals surface area (Å²) in [5, 5.41) is 12.4. The third-order valence-corrected chi connectivity index (χ3v) is 4.55. The van der Waals surface area contributed by atoms with Crippen molar-refractivity contribution in [3.05, 3.63) is 23.8 Å². The molecule has 0 amide bonds. The summed E-state index contributed by atoms with van der Waals surface area (Å²) in [5.41, 5.74) is 1.41. The molecule has 2 atom stereocenters. The highest BCUT2D eigenvalue weighted by Crippen LogP contribution is 2.30. The topological polar surface area (TPSA) is 78.6 Å². The average molecular weight is 287 g/mol. The van der Waals surface area contributed by atoms with E-state index in [1.54, 1.807) is 12.1 Å². The maximum atomic E-state index is 11.0. The first-order valence-corrected chi connectivity index (χ1v) is 7.35. The molecule has 2 unspecified atom stereocenters. The van der Waals surface area contributed by atoms with E-state index in [0.29, 0.717) is 29.2 Å². The van der Waals surface area contributed by atoms with Gasteiger partial charge in [-0.25, -0.2) is 4.79 Å². The average Bonchev–Trinajstić information content (AvgIpc) is 3.14. The van der Waals surface area contributed by atoms with Gasteiger partial charge in [-0.3, -0.25) is 4.90 Å². The first kappa shape index (κ1) is 12.6. The summed E-state index contributed by atoms with van der Waals surface area (Å²) in [4.78, 5) is 17.9. The van der Waals surface area contributed by atoms with Crippen LogP contribution < -0.4 is 5.32 Å². The van der Waals surface area contributed by atoms with Crippen molar-refractivity contribution in [2.45, 2.75) is 31.3 Å². The molecule has 3 heterocycles. The van der Waals surface area contributed by atoms with Crippen molar-refractivity contribution in [1.82, 2.24) is 9.88 Å². The molecule has 6 nitrogen and oxygen atoms in total. The Morgan fingerprint density at radius 2 is 2.29 bits per heavy atom. The number of fused-ring (bicyclic) bond motifs is 2. The Morgan fingerprint density at radius 3 is 3.14 bits per heavy atom. The molecule has 110 valence electrons. The molecule has 2 saturated heterocycles. The number of hydrogen-bond acceptors (Lipinski definition) is 5. The standard InChI is InChI=1S/C15H17N3O3/c19-14(20)9-3-4-11-13(8-9)21-15(17-11)16-10-5-7-18-6-1-2-12(10)18/h3-4,8,10,12H,1-2,5-7H2,(H,16,17)(H,19,20). The van der Waals surface area contributed by atoms with Gasteiger partial charge in [0.05, 0.1) is 5.56 Å². The molecule has 0 bridgehead atoms. The molecule has 2 aromatic rings. The van der Waals surface area contributed by atoms with Crippen LogP contribution in [0.25, 0.3) is 11.1 Å². The van der Waals surface area contributed by atoms with E-state index in [9.17, 15) is 4.79 Å². The van der Waals surface area contributed by atoms with Crippen LogP contribution in [0.15, 0.2) is 22.6 Å². The van der Waals surface area contributed by atoms with E-state index in [-0.39, 0.29) is 5.56 Å². The minimum Gasteiger partial charge on any atom is -0.478 e. The molecular weight excluding hydrogens is 270 g/mol. The van der Waals surface area contributed by atoms with Gasteiger partial charge in [-0.2, -0.15) is 4.98 Å². The van der Waals surface area contributed by atoms with Crippen molar-refractivity contribution in [3.63, 3.8) is 0 Å². The molecule has 0 radical (unpaired) electrons. The number of anilines is 1. The van der Waals surface area contributed by atoms with E-state index >= 15 is 0 Å². The Labute approximate surface area is 121 Å². The van der Waals surface area contributed by atoms with Gasteiger partial charge < -0.3 is 14.8 Å². The van der Waals surface area contributed by atoms with E-state index in [1.165, 1.54) is 25.5 Å². The van der Waals surface area contributed by atoms with E-state index in [2.05, 4.69) is 15.2 Å². The number of carboxylic acids is 1. The predicted molar refractivity (Wildman–Crippen MR) is 77.6 cm³/mol. The van der Waals surface area contributed by atoms with Crippen LogP contribution in [0.4, 0.5) is 6.01 Å². The molecule has 0 aliphatic carbocycles. The van der Waals surface area contributed by atoms with Gasteiger partial charge in [0, 0.05) is 18.6 Å². The zero-order valence-corrected chi connectivity index (χ0v) is 11.6. The lowest BCUT2D eigenvalue weighted by Gasteiger charge is -2.20. The number of rotatable bonds is 3. The van der Waals surface area contributed by atoms with Crippen molar-refractivity contribution in [2.24, 2.45) is 0 Å². The number of carboxylic acid groups (broad SMARTS) is 1. The summed E-state index contributed by atoms with van der Waals surface area (Å²) < 4.78 is 5.67. The smallest absolute Gasteiger partial charge is 0.335 e. The summed E-state index contributed by atoms with van der Waals surface area (Å²) in [7, 11) is 0. The SMILES string of the molecule is O=C(O)c1ccc2nc(NC3CCN4CCCC34)oc2c1. The lowest BCUT2D eigenvalue weighted by molar-refractivity contribution is 0.0697. The minimum absolute atomic E-state index is 0.216. The highest BCUT2D eigenvalue weighted by Gasteiger charge is 2.37. The van der Waals surface area contributed by atoms with E-state index in [0.717, 1.165) is 13.0 Å². The maximum Gasteiger partial charge on any atom is 0.335 e. The number of benzene rings is 1. The van der Waals surface area contributed by atoms with Crippen LogP contribution in [0.2, 0.25) is 0 Å². The van der Waals surface area contributed by atoms with Crippen LogP contribution >= 0.6 is 0 Å². The van der Waals surface area contributed by atoms with Gasteiger partial charge >= 0.3 is 5.97 Å². The quantitative estimate of drug-likeness (QED) is 0.900. The van der Waals surface area contributed by atoms with Gasteiger partial charge in [-0.1, -0.05) is 0 Å². The third kappa shape index (κ3) is 2.15. The highest BCUT2D eigenvalue weighted by atomic mass is 16.4. The van der Waals surface area contributed by atoms with Crippen molar-refractivity contribution < 1.29 is 14.3 Å². The first-order chi connectivity index (χ1) is 10.2. The van der Waals surface area contributed by atoms with Crippen molar-refractivity contribution in [2.75, 3.05) is 18.4 Å². The number of nitrogens with one attached hydrogen (secondary N) is 1. The summed E-state index contributed by atoms with van der Waals surface area (Å²) in [6.45, 7) is 2.32. The van der Waals surface area contributed by atoms with Crippen molar-refractivity contribution in [1.29, 1.82) is 0 Å². The molecule has 2 fully saturated rings. The molecule has 0 spiro atoms. The number of aromatic carboxylic acids is 1. The second kappa shape index (κ2) is 4.73. The lowest BCUT2D eigenvalue weighted by atomic mass is 10.1. The van der Waals surface area contributed by atoms with E-state index < -0.39 is 5.97 Å². The van der Waals surface area contributed by atoms with E-state index in [1.807, 2.05) is 0 Å². The number of aromatic nitrogens is 1. The molecule has 6 heteroatoms. The number of nitrogens with zero attached hydrogens (tertiary/aromatic N) is 2. The summed E-state index contributed by atoms with van der Waals surface area (Å²) in [6.07, 6.45) is 3.59. The Kier molecular flexibility index (Phi) is 2.85. The van der Waals surface area contributed by atoms with Gasteiger partial charge in [-0.05, 0) is 44.0 Å². The second-order valence-corrected chi connectivity index (χ2v) is 5.79. The van der Waals surface area contributed by atoms with Crippen molar-refractivity contribution >= 4 is 23.1 Å². The molecule has 4 rings (SSSR count). The van der Waals surface area contributed by atoms with Gasteiger partial charge in [0.15, 0.2) is 5.58 Å². The molecule has 1 aromatic carbocycles. The van der Waals surface area contributed by atoms with Crippen LogP contribution in [0.1, 0.15) is 29.6 Å². The minimum atomic E-state index is -0.958. The molecule has 2 aliphatic heterocycles. The fourth-order valence-corrected chi connectivity index (χ4v) is 3.53. The number of carbonyl (C=O) groups is 1. The normalized spacial score (nSPS) is 25.3. The van der Waals surface area contributed by atoms with E-state index in [4.69, 9.17) is 9.52 Å². The largest absolute Gasteiger partial charge is 0.478 e. The Bertz CT molecular complexity index is 697. The van der Waals surface area contributed by atoms with Crippen LogP contribution in [0, 0.1) is 0 Å².